The topological polar surface area (TPSA) is 44.7 Å². The summed E-state index contributed by atoms with van der Waals surface area (Å²) in [4.78, 5) is 2.31. The number of hydrogen-bond acceptors (Lipinski definition) is 4. The molecule has 1 aliphatic heterocycles. The highest BCUT2D eigenvalue weighted by atomic mass is 19.1. The molecule has 0 radical (unpaired) electrons. The van der Waals surface area contributed by atoms with Gasteiger partial charge in [0.15, 0.2) is 11.6 Å². The Morgan fingerprint density at radius 3 is 2.57 bits per heavy atom. The molecule has 0 saturated carbocycles. The van der Waals surface area contributed by atoms with Crippen molar-refractivity contribution >= 4 is 0 Å². The van der Waals surface area contributed by atoms with Crippen molar-refractivity contribution in [3.05, 3.63) is 29.6 Å². The molecule has 1 fully saturated rings. The van der Waals surface area contributed by atoms with Gasteiger partial charge in [-0.2, -0.15) is 0 Å². The molecule has 21 heavy (non-hydrogen) atoms. The van der Waals surface area contributed by atoms with Crippen LogP contribution in [0.2, 0.25) is 0 Å². The number of rotatable bonds is 5. The summed E-state index contributed by atoms with van der Waals surface area (Å²) < 4.78 is 19.0. The lowest BCUT2D eigenvalue weighted by atomic mass is 9.79. The summed E-state index contributed by atoms with van der Waals surface area (Å²) in [5.74, 6) is -0.108. The molecule has 0 amide bonds. The van der Waals surface area contributed by atoms with Crippen LogP contribution in [-0.2, 0) is 0 Å². The molecule has 1 aromatic carbocycles. The number of benzene rings is 1. The first-order valence-electron chi connectivity index (χ1n) is 7.38. The third-order valence-corrected chi connectivity index (χ3v) is 4.16. The van der Waals surface area contributed by atoms with Crippen molar-refractivity contribution in [1.29, 1.82) is 0 Å². The molecule has 1 aromatic rings. The van der Waals surface area contributed by atoms with Gasteiger partial charge in [-0.05, 0) is 17.7 Å². The second kappa shape index (κ2) is 6.73. The van der Waals surface area contributed by atoms with Crippen LogP contribution in [0.1, 0.15) is 25.5 Å². The van der Waals surface area contributed by atoms with Gasteiger partial charge in [0, 0.05) is 44.2 Å². The number of aliphatic hydroxyl groups is 1. The van der Waals surface area contributed by atoms with Crippen LogP contribution in [-0.4, -0.2) is 49.9 Å². The van der Waals surface area contributed by atoms with Gasteiger partial charge in [-0.25, -0.2) is 4.39 Å². The zero-order valence-electron chi connectivity index (χ0n) is 13.0. The summed E-state index contributed by atoms with van der Waals surface area (Å²) >= 11 is 0. The summed E-state index contributed by atoms with van der Waals surface area (Å²) in [7, 11) is 1.46. The zero-order chi connectivity index (χ0) is 15.5. The van der Waals surface area contributed by atoms with Gasteiger partial charge in [-0.1, -0.05) is 19.9 Å². The van der Waals surface area contributed by atoms with Gasteiger partial charge < -0.3 is 15.2 Å². The average Bonchev–Trinajstić information content (AvgIpc) is 2.48. The molecule has 2 N–H and O–H groups in total. The molecule has 1 atom stereocenters. The van der Waals surface area contributed by atoms with Crippen molar-refractivity contribution in [3.63, 3.8) is 0 Å². The normalized spacial score (nSPS) is 18.5. The SMILES string of the molecule is COc1ccc([C@H](N2CCNCC2)C(C)(C)CO)cc1F. The second-order valence-electron chi connectivity index (χ2n) is 6.23. The van der Waals surface area contributed by atoms with Gasteiger partial charge in [-0.3, -0.25) is 4.90 Å². The first-order chi connectivity index (χ1) is 9.99. The molecular weight excluding hydrogens is 271 g/mol. The maximum Gasteiger partial charge on any atom is 0.165 e. The predicted octanol–water partition coefficient (Wildman–Crippen LogP) is 1.80. The Morgan fingerprint density at radius 2 is 2.05 bits per heavy atom. The van der Waals surface area contributed by atoms with Crippen molar-refractivity contribution in [2.45, 2.75) is 19.9 Å². The van der Waals surface area contributed by atoms with Crippen LogP contribution in [0.4, 0.5) is 4.39 Å². The van der Waals surface area contributed by atoms with Gasteiger partial charge in [0.1, 0.15) is 0 Å². The van der Waals surface area contributed by atoms with Crippen LogP contribution in [0.5, 0.6) is 5.75 Å². The quantitative estimate of drug-likeness (QED) is 0.870. The van der Waals surface area contributed by atoms with Crippen LogP contribution in [0.25, 0.3) is 0 Å². The maximum atomic E-state index is 14.1. The number of nitrogens with one attached hydrogen (secondary N) is 1. The summed E-state index contributed by atoms with van der Waals surface area (Å²) in [5, 5.41) is 13.1. The van der Waals surface area contributed by atoms with E-state index >= 15 is 0 Å². The van der Waals surface area contributed by atoms with Gasteiger partial charge >= 0.3 is 0 Å². The Balaban J connectivity index is 2.36. The number of hydrogen-bond donors (Lipinski definition) is 2. The third-order valence-electron chi connectivity index (χ3n) is 4.16. The Labute approximate surface area is 125 Å². The Morgan fingerprint density at radius 1 is 1.38 bits per heavy atom. The molecule has 2 rings (SSSR count). The largest absolute Gasteiger partial charge is 0.494 e. The van der Waals surface area contributed by atoms with Gasteiger partial charge in [0.05, 0.1) is 7.11 Å². The van der Waals surface area contributed by atoms with E-state index in [-0.39, 0.29) is 29.6 Å². The molecule has 0 spiro atoms. The molecule has 118 valence electrons. The van der Waals surface area contributed by atoms with Crippen molar-refractivity contribution < 1.29 is 14.2 Å². The number of nitrogens with zero attached hydrogens (tertiary/aromatic N) is 1. The fourth-order valence-corrected chi connectivity index (χ4v) is 3.04. The van der Waals surface area contributed by atoms with E-state index in [1.54, 1.807) is 6.07 Å². The molecule has 0 unspecified atom stereocenters. The fourth-order valence-electron chi connectivity index (χ4n) is 3.04. The van der Waals surface area contributed by atoms with Crippen LogP contribution in [0.3, 0.4) is 0 Å². The highest BCUT2D eigenvalue weighted by molar-refractivity contribution is 5.32. The van der Waals surface area contributed by atoms with Crippen LogP contribution in [0.15, 0.2) is 18.2 Å². The van der Waals surface area contributed by atoms with Crippen LogP contribution < -0.4 is 10.1 Å². The minimum atomic E-state index is -0.358. The minimum absolute atomic E-state index is 0.0231. The summed E-state index contributed by atoms with van der Waals surface area (Å²) in [6, 6.07) is 5.06. The molecule has 0 aromatic heterocycles. The standard InChI is InChI=1S/C16H25FN2O2/c1-16(2,11-20)15(19-8-6-18-7-9-19)12-4-5-14(21-3)13(17)10-12/h4-5,10,15,18,20H,6-9,11H2,1-3H3/t15-/m0/s1. The van der Waals surface area contributed by atoms with E-state index in [2.05, 4.69) is 10.2 Å². The van der Waals surface area contributed by atoms with E-state index in [1.807, 2.05) is 19.9 Å². The highest BCUT2D eigenvalue weighted by Gasteiger charge is 2.35. The van der Waals surface area contributed by atoms with Gasteiger partial charge in [0.2, 0.25) is 0 Å². The zero-order valence-corrected chi connectivity index (χ0v) is 13.0. The number of ether oxygens (including phenoxy) is 1. The smallest absolute Gasteiger partial charge is 0.165 e. The second-order valence-corrected chi connectivity index (χ2v) is 6.23. The number of halogens is 1. The molecule has 4 nitrogen and oxygen atoms in total. The molecule has 0 aliphatic carbocycles. The van der Waals surface area contributed by atoms with E-state index in [1.165, 1.54) is 13.2 Å². The monoisotopic (exact) mass is 296 g/mol. The van der Waals surface area contributed by atoms with E-state index < -0.39 is 0 Å². The lowest BCUT2D eigenvalue weighted by Gasteiger charge is -2.43. The third kappa shape index (κ3) is 3.54. The van der Waals surface area contributed by atoms with E-state index in [4.69, 9.17) is 4.74 Å². The summed E-state index contributed by atoms with van der Waals surface area (Å²) in [6.07, 6.45) is 0. The van der Waals surface area contributed by atoms with Crippen LogP contribution in [0, 0.1) is 11.2 Å². The van der Waals surface area contributed by atoms with Crippen molar-refractivity contribution in [2.75, 3.05) is 39.9 Å². The first-order valence-corrected chi connectivity index (χ1v) is 7.38. The Bertz CT molecular complexity index is 473. The maximum absolute atomic E-state index is 14.1. The van der Waals surface area contributed by atoms with E-state index in [0.717, 1.165) is 31.7 Å². The van der Waals surface area contributed by atoms with Crippen molar-refractivity contribution in [1.82, 2.24) is 10.2 Å². The predicted molar refractivity (Wildman–Crippen MR) is 81.0 cm³/mol. The lowest BCUT2D eigenvalue weighted by Crippen LogP contribution is -2.49. The Kier molecular flexibility index (Phi) is 5.19. The molecule has 5 heteroatoms. The number of piperazine rings is 1. The minimum Gasteiger partial charge on any atom is -0.494 e. The van der Waals surface area contributed by atoms with E-state index in [9.17, 15) is 9.50 Å². The molecular formula is C16H25FN2O2. The summed E-state index contributed by atoms with van der Waals surface area (Å²) in [5.41, 5.74) is 0.535. The number of methoxy groups -OCH3 is 1. The first kappa shape index (κ1) is 16.2. The fraction of sp³-hybridized carbons (Fsp3) is 0.625. The molecule has 1 saturated heterocycles. The van der Waals surface area contributed by atoms with Gasteiger partial charge in [-0.15, -0.1) is 0 Å². The van der Waals surface area contributed by atoms with E-state index in [0.29, 0.717) is 0 Å². The van der Waals surface area contributed by atoms with Crippen molar-refractivity contribution in [2.24, 2.45) is 5.41 Å². The number of aliphatic hydroxyl groups excluding tert-OH is 1. The van der Waals surface area contributed by atoms with Gasteiger partial charge in [0.25, 0.3) is 0 Å². The highest BCUT2D eigenvalue weighted by Crippen LogP contribution is 2.39. The van der Waals surface area contributed by atoms with Crippen LogP contribution >= 0.6 is 0 Å². The Hall–Kier alpha value is -1.17. The molecule has 1 heterocycles. The average molecular weight is 296 g/mol. The molecule has 0 bridgehead atoms. The summed E-state index contributed by atoms with van der Waals surface area (Å²) in [6.45, 7) is 7.69. The van der Waals surface area contributed by atoms with Crippen molar-refractivity contribution in [3.8, 4) is 5.75 Å². The molecule has 1 aliphatic rings. The lowest BCUT2D eigenvalue weighted by molar-refractivity contribution is 0.0303.